The van der Waals surface area contributed by atoms with Crippen LogP contribution >= 0.6 is 0 Å². The van der Waals surface area contributed by atoms with Gasteiger partial charge in [-0.1, -0.05) is 13.8 Å². The smallest absolute Gasteiger partial charge is 0.0107 e. The highest BCUT2D eigenvalue weighted by Gasteiger charge is 2.32. The molecule has 0 aromatic rings. The molecule has 0 aromatic heterocycles. The molecule has 1 N–H and O–H groups in total. The van der Waals surface area contributed by atoms with Crippen molar-refractivity contribution in [2.24, 2.45) is 5.92 Å². The van der Waals surface area contributed by atoms with Gasteiger partial charge in [0.15, 0.2) is 0 Å². The van der Waals surface area contributed by atoms with Crippen molar-refractivity contribution in [2.75, 3.05) is 13.1 Å². The van der Waals surface area contributed by atoms with Gasteiger partial charge < -0.3 is 5.32 Å². The van der Waals surface area contributed by atoms with Crippen molar-refractivity contribution < 1.29 is 0 Å². The van der Waals surface area contributed by atoms with Crippen molar-refractivity contribution in [3.63, 3.8) is 0 Å². The molecule has 0 saturated heterocycles. The summed E-state index contributed by atoms with van der Waals surface area (Å²) in [5, 5.41) is 3.61. The fourth-order valence-electron chi connectivity index (χ4n) is 2.25. The molecule has 2 heteroatoms. The Bertz CT molecular complexity index is 203. The SMILES string of the molecule is CCN(C1CC1)C(C)C(C)CNC(C)(C)C. The van der Waals surface area contributed by atoms with Gasteiger partial charge in [-0.25, -0.2) is 0 Å². The van der Waals surface area contributed by atoms with Crippen LogP contribution in [0.5, 0.6) is 0 Å². The summed E-state index contributed by atoms with van der Waals surface area (Å²) in [5.74, 6) is 0.722. The van der Waals surface area contributed by atoms with Gasteiger partial charge in [0, 0.05) is 17.6 Å². The summed E-state index contributed by atoms with van der Waals surface area (Å²) in [7, 11) is 0. The van der Waals surface area contributed by atoms with Crippen molar-refractivity contribution in [3.05, 3.63) is 0 Å². The summed E-state index contributed by atoms with van der Waals surface area (Å²) in [5.41, 5.74) is 0.241. The van der Waals surface area contributed by atoms with Crippen LogP contribution in [0.2, 0.25) is 0 Å². The van der Waals surface area contributed by atoms with Gasteiger partial charge in [-0.15, -0.1) is 0 Å². The predicted octanol–water partition coefficient (Wildman–Crippen LogP) is 2.88. The zero-order valence-electron chi connectivity index (χ0n) is 12.0. The average molecular weight is 226 g/mol. The highest BCUT2D eigenvalue weighted by Crippen LogP contribution is 2.30. The topological polar surface area (TPSA) is 15.3 Å². The van der Waals surface area contributed by atoms with Crippen LogP contribution in [0.4, 0.5) is 0 Å². The summed E-state index contributed by atoms with van der Waals surface area (Å²) in [6, 6.07) is 1.59. The molecule has 1 aliphatic carbocycles. The Morgan fingerprint density at radius 1 is 1.25 bits per heavy atom. The maximum atomic E-state index is 3.61. The van der Waals surface area contributed by atoms with Crippen LogP contribution in [0, 0.1) is 5.92 Å². The molecule has 0 spiro atoms. The Labute approximate surface area is 102 Å². The fourth-order valence-corrected chi connectivity index (χ4v) is 2.25. The van der Waals surface area contributed by atoms with Crippen LogP contribution in [0.1, 0.15) is 54.4 Å². The minimum Gasteiger partial charge on any atom is -0.312 e. The van der Waals surface area contributed by atoms with Crippen molar-refractivity contribution in [1.29, 1.82) is 0 Å². The summed E-state index contributed by atoms with van der Waals surface area (Å²) >= 11 is 0. The highest BCUT2D eigenvalue weighted by molar-refractivity contribution is 4.89. The van der Waals surface area contributed by atoms with E-state index in [0.29, 0.717) is 6.04 Å². The average Bonchev–Trinajstić information content (AvgIpc) is 2.98. The first-order chi connectivity index (χ1) is 7.35. The van der Waals surface area contributed by atoms with E-state index in [1.165, 1.54) is 19.4 Å². The second kappa shape index (κ2) is 5.50. The first-order valence-electron chi connectivity index (χ1n) is 6.86. The zero-order chi connectivity index (χ0) is 12.3. The summed E-state index contributed by atoms with van der Waals surface area (Å²) < 4.78 is 0. The second-order valence-electron chi connectivity index (χ2n) is 6.41. The van der Waals surface area contributed by atoms with Crippen molar-refractivity contribution >= 4 is 0 Å². The van der Waals surface area contributed by atoms with E-state index in [9.17, 15) is 0 Å². The normalized spacial score (nSPS) is 21.2. The van der Waals surface area contributed by atoms with E-state index in [-0.39, 0.29) is 5.54 Å². The molecule has 1 aliphatic rings. The largest absolute Gasteiger partial charge is 0.312 e. The molecule has 2 unspecified atom stereocenters. The molecular formula is C14H30N2. The number of hydrogen-bond acceptors (Lipinski definition) is 2. The highest BCUT2D eigenvalue weighted by atomic mass is 15.2. The van der Waals surface area contributed by atoms with Crippen LogP contribution in [0.25, 0.3) is 0 Å². The lowest BCUT2D eigenvalue weighted by Gasteiger charge is -2.34. The monoisotopic (exact) mass is 226 g/mol. The summed E-state index contributed by atoms with van der Waals surface area (Å²) in [6.45, 7) is 16.1. The first kappa shape index (κ1) is 14.0. The molecule has 1 saturated carbocycles. The molecule has 0 bridgehead atoms. The molecule has 16 heavy (non-hydrogen) atoms. The van der Waals surface area contributed by atoms with Crippen LogP contribution in [-0.2, 0) is 0 Å². The van der Waals surface area contributed by atoms with Crippen LogP contribution in [-0.4, -0.2) is 35.6 Å². The lowest BCUT2D eigenvalue weighted by atomic mass is 9.99. The third-order valence-corrected chi connectivity index (χ3v) is 3.68. The lowest BCUT2D eigenvalue weighted by Crippen LogP contribution is -2.46. The fraction of sp³-hybridized carbons (Fsp3) is 1.00. The summed E-state index contributed by atoms with van der Waals surface area (Å²) in [4.78, 5) is 2.68. The van der Waals surface area contributed by atoms with Gasteiger partial charge in [-0.05, 0) is 59.5 Å². The standard InChI is InChI=1S/C14H30N2/c1-7-16(13-8-9-13)12(3)11(2)10-15-14(4,5)6/h11-13,15H,7-10H2,1-6H3. The first-order valence-corrected chi connectivity index (χ1v) is 6.86. The van der Waals surface area contributed by atoms with Gasteiger partial charge >= 0.3 is 0 Å². The van der Waals surface area contributed by atoms with E-state index in [1.54, 1.807) is 0 Å². The Morgan fingerprint density at radius 2 is 1.81 bits per heavy atom. The molecular weight excluding hydrogens is 196 g/mol. The molecule has 1 rings (SSSR count). The van der Waals surface area contributed by atoms with E-state index in [2.05, 4.69) is 51.8 Å². The quantitative estimate of drug-likeness (QED) is 0.749. The predicted molar refractivity (Wildman–Crippen MR) is 71.8 cm³/mol. The van der Waals surface area contributed by atoms with E-state index in [0.717, 1.165) is 18.5 Å². The molecule has 96 valence electrons. The minimum absolute atomic E-state index is 0.241. The molecule has 0 aromatic carbocycles. The molecule has 0 aliphatic heterocycles. The number of nitrogens with one attached hydrogen (secondary N) is 1. The molecule has 2 atom stereocenters. The Kier molecular flexibility index (Phi) is 4.81. The van der Waals surface area contributed by atoms with Crippen LogP contribution in [0.15, 0.2) is 0 Å². The van der Waals surface area contributed by atoms with Crippen molar-refractivity contribution in [2.45, 2.75) is 72.0 Å². The zero-order valence-corrected chi connectivity index (χ0v) is 12.0. The number of hydrogen-bond donors (Lipinski definition) is 1. The second-order valence-corrected chi connectivity index (χ2v) is 6.41. The molecule has 0 radical (unpaired) electrons. The van der Waals surface area contributed by atoms with E-state index in [4.69, 9.17) is 0 Å². The third-order valence-electron chi connectivity index (χ3n) is 3.68. The van der Waals surface area contributed by atoms with Crippen molar-refractivity contribution in [1.82, 2.24) is 10.2 Å². The number of rotatable bonds is 6. The van der Waals surface area contributed by atoms with E-state index < -0.39 is 0 Å². The van der Waals surface area contributed by atoms with Gasteiger partial charge in [0.2, 0.25) is 0 Å². The third kappa shape index (κ3) is 4.42. The van der Waals surface area contributed by atoms with Crippen LogP contribution in [0.3, 0.4) is 0 Å². The molecule has 0 amide bonds. The van der Waals surface area contributed by atoms with Gasteiger partial charge in [-0.2, -0.15) is 0 Å². The maximum Gasteiger partial charge on any atom is 0.0107 e. The molecule has 0 heterocycles. The maximum absolute atomic E-state index is 3.61. The van der Waals surface area contributed by atoms with Gasteiger partial charge in [0.1, 0.15) is 0 Å². The lowest BCUT2D eigenvalue weighted by molar-refractivity contribution is 0.154. The van der Waals surface area contributed by atoms with Gasteiger partial charge in [0.25, 0.3) is 0 Å². The number of nitrogens with zero attached hydrogens (tertiary/aromatic N) is 1. The van der Waals surface area contributed by atoms with E-state index >= 15 is 0 Å². The Hall–Kier alpha value is -0.0800. The van der Waals surface area contributed by atoms with Gasteiger partial charge in [0.05, 0.1) is 0 Å². The van der Waals surface area contributed by atoms with Crippen LogP contribution < -0.4 is 5.32 Å². The Balaban J connectivity index is 2.36. The minimum atomic E-state index is 0.241. The van der Waals surface area contributed by atoms with Gasteiger partial charge in [-0.3, -0.25) is 4.90 Å². The molecule has 1 fully saturated rings. The Morgan fingerprint density at radius 3 is 2.19 bits per heavy atom. The van der Waals surface area contributed by atoms with Crippen molar-refractivity contribution in [3.8, 4) is 0 Å². The molecule has 2 nitrogen and oxygen atoms in total. The van der Waals surface area contributed by atoms with E-state index in [1.807, 2.05) is 0 Å². The summed E-state index contributed by atoms with van der Waals surface area (Å²) in [6.07, 6.45) is 2.83.